The summed E-state index contributed by atoms with van der Waals surface area (Å²) in [7, 11) is 0. The van der Waals surface area contributed by atoms with E-state index >= 15 is 0 Å². The Morgan fingerprint density at radius 1 is 1.34 bits per heavy atom. The van der Waals surface area contributed by atoms with E-state index in [0.717, 1.165) is 40.9 Å². The van der Waals surface area contributed by atoms with Crippen LogP contribution >= 0.6 is 12.2 Å². The van der Waals surface area contributed by atoms with Gasteiger partial charge in [-0.05, 0) is 60.1 Å². The first-order valence-electron chi connectivity index (χ1n) is 10.3. The van der Waals surface area contributed by atoms with Crippen LogP contribution in [-0.2, 0) is 19.5 Å². The van der Waals surface area contributed by atoms with E-state index in [-0.39, 0.29) is 11.6 Å². The lowest BCUT2D eigenvalue weighted by Crippen LogP contribution is -2.33. The number of amides is 1. The topological polar surface area (TPSA) is 107 Å². The van der Waals surface area contributed by atoms with Crippen molar-refractivity contribution in [3.8, 4) is 5.88 Å². The van der Waals surface area contributed by atoms with Crippen LogP contribution < -0.4 is 16.2 Å². The lowest BCUT2D eigenvalue weighted by Gasteiger charge is -2.29. The maximum absolute atomic E-state index is 12.5. The second-order valence-corrected chi connectivity index (χ2v) is 8.41. The number of nitrogens with two attached hydrogens (primary N) is 2. The number of hydrogen-bond donors (Lipinski definition) is 2. The lowest BCUT2D eigenvalue weighted by atomic mass is 9.95. The highest BCUT2D eigenvalue weighted by Crippen LogP contribution is 2.34. The average Bonchev–Trinajstić information content (AvgIpc) is 3.58. The first-order chi connectivity index (χ1) is 15.3. The molecule has 1 saturated carbocycles. The van der Waals surface area contributed by atoms with Crippen LogP contribution in [0.4, 0.5) is 8.78 Å². The molecule has 32 heavy (non-hydrogen) atoms. The number of rotatable bonds is 8. The molecular weight excluding hydrogens is 436 g/mol. The molecule has 0 bridgehead atoms. The number of carbonyl (C=O) groups excluding carboxylic acids is 1. The molecule has 0 aromatic carbocycles. The second kappa shape index (κ2) is 9.25. The van der Waals surface area contributed by atoms with Gasteiger partial charge in [0.15, 0.2) is 0 Å². The summed E-state index contributed by atoms with van der Waals surface area (Å²) in [5.41, 5.74) is 15.8. The van der Waals surface area contributed by atoms with Crippen molar-refractivity contribution in [3.05, 3.63) is 64.2 Å². The summed E-state index contributed by atoms with van der Waals surface area (Å²) in [6.45, 7) is -1.28. The highest BCUT2D eigenvalue weighted by molar-refractivity contribution is 7.81. The number of fused-ring (bicyclic) bond motifs is 1. The molecule has 0 unspecified atom stereocenters. The molecule has 0 spiro atoms. The van der Waals surface area contributed by atoms with Crippen molar-refractivity contribution in [1.82, 2.24) is 14.9 Å². The fourth-order valence-corrected chi connectivity index (χ4v) is 4.12. The van der Waals surface area contributed by atoms with Crippen molar-refractivity contribution in [1.29, 1.82) is 0 Å². The number of thiocarbonyl (C=S) groups is 1. The summed E-state index contributed by atoms with van der Waals surface area (Å²) in [6.07, 6.45) is 6.04. The molecule has 10 heteroatoms. The van der Waals surface area contributed by atoms with Gasteiger partial charge in [-0.25, -0.2) is 9.97 Å². The number of alkyl halides is 2. The Morgan fingerprint density at radius 2 is 2.12 bits per heavy atom. The van der Waals surface area contributed by atoms with E-state index in [0.29, 0.717) is 36.8 Å². The van der Waals surface area contributed by atoms with E-state index < -0.39 is 12.5 Å². The van der Waals surface area contributed by atoms with Gasteiger partial charge in [0.25, 0.3) is 5.91 Å². The Kier molecular flexibility index (Phi) is 6.43. The molecule has 2 aromatic rings. The third-order valence-corrected chi connectivity index (χ3v) is 5.88. The largest absolute Gasteiger partial charge is 0.417 e. The minimum absolute atomic E-state index is 0.128. The molecule has 1 fully saturated rings. The Bertz CT molecular complexity index is 1090. The van der Waals surface area contributed by atoms with Crippen molar-refractivity contribution < 1.29 is 18.3 Å². The molecule has 0 radical (unpaired) electrons. The molecule has 7 nitrogen and oxygen atoms in total. The van der Waals surface area contributed by atoms with Crippen molar-refractivity contribution >= 4 is 23.0 Å². The predicted octanol–water partition coefficient (Wildman–Crippen LogP) is 2.71. The maximum atomic E-state index is 12.5. The summed E-state index contributed by atoms with van der Waals surface area (Å²) < 4.78 is 29.3. The van der Waals surface area contributed by atoms with Crippen molar-refractivity contribution in [2.24, 2.45) is 17.4 Å². The van der Waals surface area contributed by atoms with Gasteiger partial charge in [0.05, 0.1) is 5.69 Å². The zero-order valence-electron chi connectivity index (χ0n) is 17.3. The Balaban J connectivity index is 1.57. The predicted molar refractivity (Wildman–Crippen MR) is 118 cm³/mol. The summed E-state index contributed by atoms with van der Waals surface area (Å²) in [4.78, 5) is 22.8. The van der Waals surface area contributed by atoms with E-state index in [1.807, 2.05) is 0 Å². The number of carbonyl (C=O) groups is 1. The number of ether oxygens (including phenoxy) is 1. The van der Waals surface area contributed by atoms with E-state index in [1.165, 1.54) is 12.3 Å². The SMILES string of the molecule is NC(=O)c1cc(C(=S)C=C(N)C2CC2)c2c(n1)CN(Cc1ccnc(OC(F)F)c1)CC2. The monoisotopic (exact) mass is 459 g/mol. The number of primary amides is 1. The quantitative estimate of drug-likeness (QED) is 0.355. The van der Waals surface area contributed by atoms with Crippen molar-refractivity contribution in [2.45, 2.75) is 39.0 Å². The molecular formula is C22H23F2N5O2S. The third kappa shape index (κ3) is 5.25. The highest BCUT2D eigenvalue weighted by atomic mass is 32.1. The Morgan fingerprint density at radius 3 is 2.81 bits per heavy atom. The van der Waals surface area contributed by atoms with E-state index in [9.17, 15) is 13.6 Å². The van der Waals surface area contributed by atoms with Crippen molar-refractivity contribution in [3.63, 3.8) is 0 Å². The van der Waals surface area contributed by atoms with Crippen LogP contribution in [-0.4, -0.2) is 38.8 Å². The summed E-state index contributed by atoms with van der Waals surface area (Å²) in [6, 6.07) is 4.88. The first-order valence-corrected chi connectivity index (χ1v) is 10.7. The van der Waals surface area contributed by atoms with Crippen LogP contribution in [0.1, 0.15) is 45.7 Å². The molecule has 168 valence electrons. The van der Waals surface area contributed by atoms with Gasteiger partial charge in [0.1, 0.15) is 5.69 Å². The number of hydrogen-bond acceptors (Lipinski definition) is 7. The van der Waals surface area contributed by atoms with Gasteiger partial charge in [-0.15, -0.1) is 0 Å². The molecule has 2 aromatic heterocycles. The van der Waals surface area contributed by atoms with Crippen LogP contribution in [0.5, 0.6) is 5.88 Å². The Labute approximate surface area is 189 Å². The maximum Gasteiger partial charge on any atom is 0.388 e. The number of allylic oxidation sites excluding steroid dienone is 2. The lowest BCUT2D eigenvalue weighted by molar-refractivity contribution is -0.0529. The summed E-state index contributed by atoms with van der Waals surface area (Å²) in [5.74, 6) is -0.371. The minimum atomic E-state index is -2.93. The second-order valence-electron chi connectivity index (χ2n) is 7.97. The molecule has 3 heterocycles. The zero-order valence-corrected chi connectivity index (χ0v) is 18.1. The average molecular weight is 460 g/mol. The van der Waals surface area contributed by atoms with Crippen LogP contribution in [0.2, 0.25) is 0 Å². The van der Waals surface area contributed by atoms with Gasteiger partial charge in [-0.2, -0.15) is 8.78 Å². The summed E-state index contributed by atoms with van der Waals surface area (Å²) in [5, 5.41) is 0. The number of halogens is 2. The van der Waals surface area contributed by atoms with Gasteiger partial charge >= 0.3 is 6.61 Å². The fourth-order valence-electron chi connectivity index (χ4n) is 3.80. The van der Waals surface area contributed by atoms with Gasteiger partial charge in [-0.1, -0.05) is 12.2 Å². The third-order valence-electron chi connectivity index (χ3n) is 5.54. The minimum Gasteiger partial charge on any atom is -0.417 e. The van der Waals surface area contributed by atoms with Gasteiger partial charge in [-0.3, -0.25) is 9.69 Å². The van der Waals surface area contributed by atoms with Crippen molar-refractivity contribution in [2.75, 3.05) is 6.54 Å². The Hall–Kier alpha value is -2.98. The van der Waals surface area contributed by atoms with E-state index in [2.05, 4.69) is 19.6 Å². The van der Waals surface area contributed by atoms with Crippen LogP contribution in [0.3, 0.4) is 0 Å². The first kappa shape index (κ1) is 22.2. The van der Waals surface area contributed by atoms with E-state index in [4.69, 9.17) is 23.7 Å². The van der Waals surface area contributed by atoms with Gasteiger partial charge in [0.2, 0.25) is 5.88 Å². The van der Waals surface area contributed by atoms with Crippen LogP contribution in [0.15, 0.2) is 36.2 Å². The van der Waals surface area contributed by atoms with E-state index in [1.54, 1.807) is 18.2 Å². The zero-order chi connectivity index (χ0) is 22.8. The molecule has 1 amide bonds. The molecule has 0 saturated heterocycles. The fraction of sp³-hybridized carbons (Fsp3) is 0.364. The molecule has 2 aliphatic rings. The number of pyridine rings is 2. The highest BCUT2D eigenvalue weighted by Gasteiger charge is 2.26. The number of aromatic nitrogens is 2. The normalized spacial score (nSPS) is 16.7. The van der Waals surface area contributed by atoms with Gasteiger partial charge in [0, 0.05) is 42.5 Å². The molecule has 4 N–H and O–H groups in total. The molecule has 1 aliphatic heterocycles. The standard InChI is InChI=1S/C22H23F2N5O2S/c23-22(24)31-20-7-12(3-5-27-20)10-29-6-4-14-15(19(32)9-16(25)13-1-2-13)8-17(21(26)30)28-18(14)11-29/h3,5,7-9,13,22H,1-2,4,6,10-11,25H2,(H2,26,30). The summed E-state index contributed by atoms with van der Waals surface area (Å²) >= 11 is 5.63. The molecule has 0 atom stereocenters. The van der Waals surface area contributed by atoms with Crippen LogP contribution in [0, 0.1) is 5.92 Å². The smallest absolute Gasteiger partial charge is 0.388 e. The molecule has 1 aliphatic carbocycles. The van der Waals surface area contributed by atoms with Gasteiger partial charge < -0.3 is 16.2 Å². The number of nitrogens with zero attached hydrogens (tertiary/aromatic N) is 3. The van der Waals surface area contributed by atoms with Crippen LogP contribution in [0.25, 0.3) is 0 Å². The molecule has 4 rings (SSSR count).